The van der Waals surface area contributed by atoms with Gasteiger partial charge in [-0.15, -0.1) is 0 Å². The Morgan fingerprint density at radius 2 is 2.36 bits per heavy atom. The highest BCUT2D eigenvalue weighted by molar-refractivity contribution is 9.09. The SMILES string of the molecule is O=C1NOCC1N1CC(CBr)CC1=O. The molecule has 0 bridgehead atoms. The topological polar surface area (TPSA) is 58.6 Å². The molecule has 2 unspecified atom stereocenters. The van der Waals surface area contributed by atoms with E-state index in [1.807, 2.05) is 0 Å². The Labute approximate surface area is 89.9 Å². The zero-order valence-corrected chi connectivity index (χ0v) is 9.12. The second-order valence-electron chi connectivity index (χ2n) is 3.56. The van der Waals surface area contributed by atoms with Crippen molar-refractivity contribution in [2.75, 3.05) is 18.5 Å². The smallest absolute Gasteiger partial charge is 0.268 e. The molecule has 0 radical (unpaired) electrons. The van der Waals surface area contributed by atoms with Crippen LogP contribution >= 0.6 is 15.9 Å². The number of nitrogens with zero attached hydrogens (tertiary/aromatic N) is 1. The van der Waals surface area contributed by atoms with Crippen molar-refractivity contribution >= 4 is 27.7 Å². The molecule has 2 amide bonds. The van der Waals surface area contributed by atoms with E-state index in [4.69, 9.17) is 4.84 Å². The Kier molecular flexibility index (Phi) is 2.73. The van der Waals surface area contributed by atoms with E-state index in [1.54, 1.807) is 4.90 Å². The van der Waals surface area contributed by atoms with Gasteiger partial charge in [-0.2, -0.15) is 0 Å². The standard InChI is InChI=1S/C8H11BrN2O3/c9-2-5-1-7(12)11(3-5)6-4-14-10-8(6)13/h5-6H,1-4H2,(H,10,13). The monoisotopic (exact) mass is 262 g/mol. The molecule has 0 saturated carbocycles. The predicted octanol–water partition coefficient (Wildman–Crippen LogP) is -0.340. The van der Waals surface area contributed by atoms with Gasteiger partial charge >= 0.3 is 0 Å². The summed E-state index contributed by atoms with van der Waals surface area (Å²) in [5, 5.41) is 0.796. The van der Waals surface area contributed by atoms with Crippen molar-refractivity contribution < 1.29 is 14.4 Å². The maximum absolute atomic E-state index is 11.5. The quantitative estimate of drug-likeness (QED) is 0.693. The van der Waals surface area contributed by atoms with Gasteiger partial charge in [-0.3, -0.25) is 14.4 Å². The van der Waals surface area contributed by atoms with Crippen LogP contribution < -0.4 is 5.48 Å². The molecular formula is C8H11BrN2O3. The van der Waals surface area contributed by atoms with Gasteiger partial charge in [0.05, 0.1) is 0 Å². The molecule has 14 heavy (non-hydrogen) atoms. The highest BCUT2D eigenvalue weighted by atomic mass is 79.9. The number of rotatable bonds is 2. The normalized spacial score (nSPS) is 32.5. The van der Waals surface area contributed by atoms with Gasteiger partial charge in [0.25, 0.3) is 5.91 Å². The molecule has 0 spiro atoms. The van der Waals surface area contributed by atoms with Gasteiger partial charge in [0.2, 0.25) is 5.91 Å². The van der Waals surface area contributed by atoms with Crippen LogP contribution in [-0.4, -0.2) is 41.2 Å². The average Bonchev–Trinajstić information content (AvgIpc) is 2.72. The van der Waals surface area contributed by atoms with Gasteiger partial charge < -0.3 is 4.90 Å². The van der Waals surface area contributed by atoms with Crippen molar-refractivity contribution in [3.63, 3.8) is 0 Å². The number of halogens is 1. The molecule has 2 fully saturated rings. The highest BCUT2D eigenvalue weighted by Gasteiger charge is 2.39. The lowest BCUT2D eigenvalue weighted by Crippen LogP contribution is -2.43. The summed E-state index contributed by atoms with van der Waals surface area (Å²) < 4.78 is 0. The maximum Gasteiger partial charge on any atom is 0.268 e. The predicted molar refractivity (Wildman–Crippen MR) is 51.5 cm³/mol. The Morgan fingerprint density at radius 1 is 1.57 bits per heavy atom. The first-order valence-corrected chi connectivity index (χ1v) is 5.61. The molecule has 2 atom stereocenters. The summed E-state index contributed by atoms with van der Waals surface area (Å²) in [6.07, 6.45) is 0.523. The fourth-order valence-electron chi connectivity index (χ4n) is 1.78. The molecule has 1 N–H and O–H groups in total. The van der Waals surface area contributed by atoms with Gasteiger partial charge in [0.15, 0.2) is 0 Å². The number of nitrogens with one attached hydrogen (secondary N) is 1. The number of amides is 2. The van der Waals surface area contributed by atoms with E-state index in [1.165, 1.54) is 0 Å². The van der Waals surface area contributed by atoms with Crippen molar-refractivity contribution in [3.8, 4) is 0 Å². The molecule has 6 heteroatoms. The van der Waals surface area contributed by atoms with Gasteiger partial charge in [-0.1, -0.05) is 15.9 Å². The van der Waals surface area contributed by atoms with E-state index in [0.717, 1.165) is 5.33 Å². The summed E-state index contributed by atoms with van der Waals surface area (Å²) in [7, 11) is 0. The van der Waals surface area contributed by atoms with Crippen LogP contribution in [-0.2, 0) is 14.4 Å². The number of alkyl halides is 1. The molecule has 2 rings (SSSR count). The van der Waals surface area contributed by atoms with Crippen molar-refractivity contribution in [2.45, 2.75) is 12.5 Å². The lowest BCUT2D eigenvalue weighted by atomic mass is 10.2. The fourth-order valence-corrected chi connectivity index (χ4v) is 2.21. The van der Waals surface area contributed by atoms with Crippen LogP contribution in [0.5, 0.6) is 0 Å². The Hall–Kier alpha value is -0.620. The lowest BCUT2D eigenvalue weighted by molar-refractivity contribution is -0.135. The molecule has 0 aromatic rings. The first-order chi connectivity index (χ1) is 6.72. The fraction of sp³-hybridized carbons (Fsp3) is 0.750. The van der Waals surface area contributed by atoms with E-state index < -0.39 is 6.04 Å². The largest absolute Gasteiger partial charge is 0.328 e. The zero-order valence-electron chi connectivity index (χ0n) is 7.53. The lowest BCUT2D eigenvalue weighted by Gasteiger charge is -2.20. The Balaban J connectivity index is 2.04. The number of hydrogen-bond acceptors (Lipinski definition) is 3. The third-order valence-corrected chi connectivity index (χ3v) is 3.47. The summed E-state index contributed by atoms with van der Waals surface area (Å²) in [6.45, 7) is 0.908. The van der Waals surface area contributed by atoms with Crippen LogP contribution in [0.4, 0.5) is 0 Å². The molecule has 5 nitrogen and oxygen atoms in total. The molecular weight excluding hydrogens is 252 g/mol. The first-order valence-electron chi connectivity index (χ1n) is 4.49. The summed E-state index contributed by atoms with van der Waals surface area (Å²) >= 11 is 3.34. The molecule has 0 aliphatic carbocycles. The van der Waals surface area contributed by atoms with Gasteiger partial charge in [0, 0.05) is 18.3 Å². The third-order valence-electron chi connectivity index (χ3n) is 2.55. The number of carbonyl (C=O) groups is 2. The third kappa shape index (κ3) is 1.64. The van der Waals surface area contributed by atoms with E-state index >= 15 is 0 Å². The summed E-state index contributed by atoms with van der Waals surface area (Å²) in [5.74, 6) is 0.143. The molecule has 2 saturated heterocycles. The molecule has 2 aliphatic heterocycles. The molecule has 2 heterocycles. The van der Waals surface area contributed by atoms with Crippen LogP contribution in [0.25, 0.3) is 0 Å². The van der Waals surface area contributed by atoms with Crippen molar-refractivity contribution in [1.29, 1.82) is 0 Å². The van der Waals surface area contributed by atoms with E-state index in [2.05, 4.69) is 21.4 Å². The highest BCUT2D eigenvalue weighted by Crippen LogP contribution is 2.22. The minimum Gasteiger partial charge on any atom is -0.328 e. The van der Waals surface area contributed by atoms with Crippen LogP contribution in [0.1, 0.15) is 6.42 Å². The van der Waals surface area contributed by atoms with Gasteiger partial charge in [0.1, 0.15) is 12.6 Å². The second kappa shape index (κ2) is 3.86. The van der Waals surface area contributed by atoms with Crippen molar-refractivity contribution in [1.82, 2.24) is 10.4 Å². The average molecular weight is 263 g/mol. The second-order valence-corrected chi connectivity index (χ2v) is 4.21. The number of hydrogen-bond donors (Lipinski definition) is 1. The summed E-state index contributed by atoms with van der Waals surface area (Å²) in [5.41, 5.74) is 2.26. The number of hydroxylamine groups is 1. The molecule has 2 aliphatic rings. The van der Waals surface area contributed by atoms with Gasteiger partial charge in [-0.25, -0.2) is 5.48 Å². The van der Waals surface area contributed by atoms with Crippen LogP contribution in [0.2, 0.25) is 0 Å². The Bertz CT molecular complexity index is 271. The zero-order chi connectivity index (χ0) is 10.1. The van der Waals surface area contributed by atoms with Crippen molar-refractivity contribution in [3.05, 3.63) is 0 Å². The minimum absolute atomic E-state index is 0.0418. The van der Waals surface area contributed by atoms with Crippen LogP contribution in [0.3, 0.4) is 0 Å². The number of carbonyl (C=O) groups excluding carboxylic acids is 2. The van der Waals surface area contributed by atoms with Crippen molar-refractivity contribution in [2.24, 2.45) is 5.92 Å². The van der Waals surface area contributed by atoms with Crippen LogP contribution in [0, 0.1) is 5.92 Å². The number of likely N-dealkylation sites (tertiary alicyclic amines) is 1. The first kappa shape index (κ1) is 9.92. The summed E-state index contributed by atoms with van der Waals surface area (Å²) in [6, 6.07) is -0.424. The van der Waals surface area contributed by atoms with E-state index in [9.17, 15) is 9.59 Å². The minimum atomic E-state index is -0.424. The Morgan fingerprint density at radius 3 is 2.86 bits per heavy atom. The molecule has 0 aromatic heterocycles. The van der Waals surface area contributed by atoms with Gasteiger partial charge in [-0.05, 0) is 5.92 Å². The summed E-state index contributed by atoms with van der Waals surface area (Å²) in [4.78, 5) is 29.2. The maximum atomic E-state index is 11.5. The molecule has 78 valence electrons. The van der Waals surface area contributed by atoms with E-state index in [0.29, 0.717) is 18.9 Å². The van der Waals surface area contributed by atoms with Crippen LogP contribution in [0.15, 0.2) is 0 Å². The van der Waals surface area contributed by atoms with E-state index in [-0.39, 0.29) is 18.4 Å². The molecule has 0 aromatic carbocycles.